The van der Waals surface area contributed by atoms with Crippen LogP contribution in [0.25, 0.3) is 0 Å². The van der Waals surface area contributed by atoms with Gasteiger partial charge in [0.15, 0.2) is 0 Å². The standard InChI is InChI=1S/C26H30N4O2/c1-19-15-22(7-12-28-19)16-20-8-13-30(14-9-20)26(31)23-3-4-25(32-2)24(17-23)29-18-21-5-10-27-11-6-21/h3-7,10-12,15,17,20,29H,8-9,13-14,16,18H2,1-2H3. The van der Waals surface area contributed by atoms with Gasteiger partial charge in [0.05, 0.1) is 12.8 Å². The number of benzene rings is 1. The van der Waals surface area contributed by atoms with Crippen molar-refractivity contribution >= 4 is 11.6 Å². The molecule has 0 unspecified atom stereocenters. The van der Waals surface area contributed by atoms with Crippen molar-refractivity contribution in [1.29, 1.82) is 0 Å². The van der Waals surface area contributed by atoms with Gasteiger partial charge in [-0.3, -0.25) is 14.8 Å². The van der Waals surface area contributed by atoms with Crippen molar-refractivity contribution in [1.82, 2.24) is 14.9 Å². The number of nitrogens with one attached hydrogen (secondary N) is 1. The van der Waals surface area contributed by atoms with E-state index in [1.807, 2.05) is 48.4 Å². The molecule has 1 aliphatic heterocycles. The second-order valence-corrected chi connectivity index (χ2v) is 8.37. The summed E-state index contributed by atoms with van der Waals surface area (Å²) in [5, 5.41) is 3.39. The summed E-state index contributed by atoms with van der Waals surface area (Å²) in [4.78, 5) is 23.5. The Morgan fingerprint density at radius 3 is 2.53 bits per heavy atom. The first-order chi connectivity index (χ1) is 15.6. The molecule has 0 saturated carbocycles. The van der Waals surface area contributed by atoms with E-state index in [0.29, 0.717) is 18.0 Å². The first-order valence-electron chi connectivity index (χ1n) is 11.1. The van der Waals surface area contributed by atoms with Gasteiger partial charge in [0.1, 0.15) is 5.75 Å². The van der Waals surface area contributed by atoms with Gasteiger partial charge < -0.3 is 15.0 Å². The molecule has 0 spiro atoms. The van der Waals surface area contributed by atoms with Crippen LogP contribution in [-0.2, 0) is 13.0 Å². The third-order valence-electron chi connectivity index (χ3n) is 6.07. The fourth-order valence-electron chi connectivity index (χ4n) is 4.26. The highest BCUT2D eigenvalue weighted by Gasteiger charge is 2.24. The summed E-state index contributed by atoms with van der Waals surface area (Å²) in [7, 11) is 1.64. The zero-order valence-electron chi connectivity index (χ0n) is 18.8. The topological polar surface area (TPSA) is 67.3 Å². The van der Waals surface area contributed by atoms with Crippen molar-refractivity contribution in [2.24, 2.45) is 5.92 Å². The molecule has 166 valence electrons. The van der Waals surface area contributed by atoms with Crippen molar-refractivity contribution in [2.45, 2.75) is 32.7 Å². The molecule has 1 fully saturated rings. The number of hydrogen-bond acceptors (Lipinski definition) is 5. The van der Waals surface area contributed by atoms with Gasteiger partial charge in [0.25, 0.3) is 5.91 Å². The SMILES string of the molecule is COc1ccc(C(=O)N2CCC(Cc3ccnc(C)c3)CC2)cc1NCc1ccncc1. The van der Waals surface area contributed by atoms with Gasteiger partial charge in [-0.25, -0.2) is 0 Å². The van der Waals surface area contributed by atoms with Crippen LogP contribution < -0.4 is 10.1 Å². The predicted octanol–water partition coefficient (Wildman–Crippen LogP) is 4.50. The number of likely N-dealkylation sites (tertiary alicyclic amines) is 1. The lowest BCUT2D eigenvalue weighted by molar-refractivity contribution is 0.0690. The number of anilines is 1. The van der Waals surface area contributed by atoms with Gasteiger partial charge in [-0.05, 0) is 85.7 Å². The Kier molecular flexibility index (Phi) is 7.00. The maximum Gasteiger partial charge on any atom is 0.253 e. The van der Waals surface area contributed by atoms with Gasteiger partial charge >= 0.3 is 0 Å². The quantitative estimate of drug-likeness (QED) is 0.598. The zero-order chi connectivity index (χ0) is 22.3. The lowest BCUT2D eigenvalue weighted by Crippen LogP contribution is -2.38. The Bertz CT molecular complexity index is 1050. The second-order valence-electron chi connectivity index (χ2n) is 8.37. The van der Waals surface area contributed by atoms with Crippen LogP contribution in [0.5, 0.6) is 5.75 Å². The van der Waals surface area contributed by atoms with Crippen molar-refractivity contribution in [3.8, 4) is 5.75 Å². The Hall–Kier alpha value is -3.41. The summed E-state index contributed by atoms with van der Waals surface area (Å²) in [6.45, 7) is 4.24. The van der Waals surface area contributed by atoms with Crippen molar-refractivity contribution in [2.75, 3.05) is 25.5 Å². The number of rotatable bonds is 7. The lowest BCUT2D eigenvalue weighted by atomic mass is 9.90. The second kappa shape index (κ2) is 10.3. The smallest absolute Gasteiger partial charge is 0.253 e. The van der Waals surface area contributed by atoms with Crippen molar-refractivity contribution < 1.29 is 9.53 Å². The number of amides is 1. The molecule has 4 rings (SSSR count). The Morgan fingerprint density at radius 1 is 1.06 bits per heavy atom. The molecule has 1 N–H and O–H groups in total. The van der Waals surface area contributed by atoms with E-state index >= 15 is 0 Å². The number of aromatic nitrogens is 2. The lowest BCUT2D eigenvalue weighted by Gasteiger charge is -2.32. The molecular weight excluding hydrogens is 400 g/mol. The molecular formula is C26H30N4O2. The van der Waals surface area contributed by atoms with Crippen LogP contribution in [-0.4, -0.2) is 41.0 Å². The van der Waals surface area contributed by atoms with Crippen molar-refractivity contribution in [3.63, 3.8) is 0 Å². The highest BCUT2D eigenvalue weighted by Crippen LogP contribution is 2.28. The predicted molar refractivity (Wildman–Crippen MR) is 126 cm³/mol. The summed E-state index contributed by atoms with van der Waals surface area (Å²) < 4.78 is 5.49. The van der Waals surface area contributed by atoms with Gasteiger partial charge in [0.2, 0.25) is 0 Å². The van der Waals surface area contributed by atoms with E-state index in [1.165, 1.54) is 5.56 Å². The number of pyridine rings is 2. The van der Waals surface area contributed by atoms with E-state index in [4.69, 9.17) is 4.74 Å². The van der Waals surface area contributed by atoms with Crippen LogP contribution in [0.3, 0.4) is 0 Å². The van der Waals surface area contributed by atoms with E-state index < -0.39 is 0 Å². The number of carbonyl (C=O) groups is 1. The van der Waals surface area contributed by atoms with Gasteiger partial charge in [0, 0.05) is 49.5 Å². The number of ether oxygens (including phenoxy) is 1. The van der Waals surface area contributed by atoms with Gasteiger partial charge in [-0.1, -0.05) is 0 Å². The van der Waals surface area contributed by atoms with Crippen LogP contribution in [0.2, 0.25) is 0 Å². The molecule has 6 nitrogen and oxygen atoms in total. The van der Waals surface area contributed by atoms with Crippen LogP contribution >= 0.6 is 0 Å². The zero-order valence-corrected chi connectivity index (χ0v) is 18.8. The highest BCUT2D eigenvalue weighted by molar-refractivity contribution is 5.95. The number of piperidine rings is 1. The number of nitrogens with zero attached hydrogens (tertiary/aromatic N) is 3. The monoisotopic (exact) mass is 430 g/mol. The normalized spacial score (nSPS) is 14.2. The van der Waals surface area contributed by atoms with E-state index in [-0.39, 0.29) is 5.91 Å². The molecule has 0 radical (unpaired) electrons. The third kappa shape index (κ3) is 5.44. The summed E-state index contributed by atoms with van der Waals surface area (Å²) in [6, 6.07) is 13.8. The molecule has 0 bridgehead atoms. The molecule has 3 aromatic rings. The van der Waals surface area contributed by atoms with Crippen molar-refractivity contribution in [3.05, 3.63) is 83.4 Å². The van der Waals surface area contributed by atoms with E-state index in [1.54, 1.807) is 19.5 Å². The summed E-state index contributed by atoms with van der Waals surface area (Å²) in [5.74, 6) is 1.41. The molecule has 1 aliphatic rings. The Balaban J connectivity index is 1.37. The molecule has 32 heavy (non-hydrogen) atoms. The highest BCUT2D eigenvalue weighted by atomic mass is 16.5. The number of aryl methyl sites for hydroxylation is 1. The molecule has 2 aromatic heterocycles. The minimum Gasteiger partial charge on any atom is -0.495 e. The van der Waals surface area contributed by atoms with Crippen LogP contribution in [0.4, 0.5) is 5.69 Å². The molecule has 3 heterocycles. The van der Waals surface area contributed by atoms with E-state index in [9.17, 15) is 4.79 Å². The number of methoxy groups -OCH3 is 1. The fraction of sp³-hybridized carbons (Fsp3) is 0.346. The van der Waals surface area contributed by atoms with Gasteiger partial charge in [-0.2, -0.15) is 0 Å². The minimum absolute atomic E-state index is 0.0813. The summed E-state index contributed by atoms with van der Waals surface area (Å²) in [6.07, 6.45) is 8.53. The van der Waals surface area contributed by atoms with E-state index in [2.05, 4.69) is 27.4 Å². The van der Waals surface area contributed by atoms with E-state index in [0.717, 1.165) is 55.0 Å². The van der Waals surface area contributed by atoms with Crippen LogP contribution in [0.15, 0.2) is 61.1 Å². The fourth-order valence-corrected chi connectivity index (χ4v) is 4.26. The molecule has 0 aliphatic carbocycles. The maximum atomic E-state index is 13.2. The number of carbonyl (C=O) groups excluding carboxylic acids is 1. The summed E-state index contributed by atoms with van der Waals surface area (Å²) >= 11 is 0. The average molecular weight is 431 g/mol. The first-order valence-corrected chi connectivity index (χ1v) is 11.1. The Morgan fingerprint density at radius 2 is 1.81 bits per heavy atom. The molecule has 0 atom stereocenters. The number of hydrogen-bond donors (Lipinski definition) is 1. The Labute approximate surface area is 189 Å². The molecule has 1 aromatic carbocycles. The molecule has 1 amide bonds. The first kappa shape index (κ1) is 21.8. The molecule has 1 saturated heterocycles. The van der Waals surface area contributed by atoms with Gasteiger partial charge in [-0.15, -0.1) is 0 Å². The van der Waals surface area contributed by atoms with Crippen LogP contribution in [0.1, 0.15) is 40.0 Å². The molecule has 6 heteroatoms. The maximum absolute atomic E-state index is 13.2. The average Bonchev–Trinajstić information content (AvgIpc) is 2.83. The summed E-state index contributed by atoms with van der Waals surface area (Å²) in [5.41, 5.74) is 5.01. The largest absolute Gasteiger partial charge is 0.495 e. The third-order valence-corrected chi connectivity index (χ3v) is 6.07. The minimum atomic E-state index is 0.0813. The van der Waals surface area contributed by atoms with Crippen LogP contribution in [0, 0.1) is 12.8 Å².